The highest BCUT2D eigenvalue weighted by molar-refractivity contribution is 6.00. The van der Waals surface area contributed by atoms with Crippen LogP contribution in [-0.4, -0.2) is 37.6 Å². The van der Waals surface area contributed by atoms with Crippen LogP contribution in [0.1, 0.15) is 30.4 Å². The molecule has 3 rings (SSSR count). The maximum absolute atomic E-state index is 12.3. The normalized spacial score (nSPS) is 24.3. The lowest BCUT2D eigenvalue weighted by molar-refractivity contribution is -0.126. The van der Waals surface area contributed by atoms with Crippen molar-refractivity contribution in [3.05, 3.63) is 29.3 Å². The molecule has 2 amide bonds. The molecule has 2 heterocycles. The highest BCUT2D eigenvalue weighted by Gasteiger charge is 2.35. The SMILES string of the molecule is Cc1ccc(N2C[C@H](C(=O)NC[C@@H]3CCCO3)CC2=O)c(C)c1. The maximum atomic E-state index is 12.3. The van der Waals surface area contributed by atoms with Crippen molar-refractivity contribution in [1.29, 1.82) is 0 Å². The van der Waals surface area contributed by atoms with Crippen molar-refractivity contribution < 1.29 is 14.3 Å². The van der Waals surface area contributed by atoms with E-state index in [2.05, 4.69) is 11.4 Å². The minimum Gasteiger partial charge on any atom is -0.376 e. The van der Waals surface area contributed by atoms with Gasteiger partial charge in [-0.3, -0.25) is 9.59 Å². The number of aryl methyl sites for hydroxylation is 2. The molecule has 2 saturated heterocycles. The van der Waals surface area contributed by atoms with Gasteiger partial charge in [-0.05, 0) is 38.3 Å². The molecule has 0 aromatic heterocycles. The summed E-state index contributed by atoms with van der Waals surface area (Å²) in [4.78, 5) is 26.4. The Hall–Kier alpha value is -1.88. The van der Waals surface area contributed by atoms with Gasteiger partial charge >= 0.3 is 0 Å². The third-order valence-corrected chi connectivity index (χ3v) is 4.67. The molecule has 124 valence electrons. The first kappa shape index (κ1) is 16.0. The molecular formula is C18H24N2O3. The van der Waals surface area contributed by atoms with Crippen molar-refractivity contribution in [1.82, 2.24) is 5.32 Å². The molecule has 0 aliphatic carbocycles. The molecule has 0 radical (unpaired) electrons. The summed E-state index contributed by atoms with van der Waals surface area (Å²) in [6, 6.07) is 6.03. The molecule has 1 aromatic rings. The second kappa shape index (κ2) is 6.71. The molecule has 0 bridgehead atoms. The Kier molecular flexibility index (Phi) is 4.66. The number of ether oxygens (including phenoxy) is 1. The zero-order valence-electron chi connectivity index (χ0n) is 13.8. The van der Waals surface area contributed by atoms with Crippen LogP contribution >= 0.6 is 0 Å². The van der Waals surface area contributed by atoms with E-state index in [1.165, 1.54) is 5.56 Å². The first-order chi connectivity index (χ1) is 11.0. The first-order valence-corrected chi connectivity index (χ1v) is 8.31. The second-order valence-corrected chi connectivity index (χ2v) is 6.58. The van der Waals surface area contributed by atoms with Gasteiger partial charge in [0.05, 0.1) is 12.0 Å². The van der Waals surface area contributed by atoms with E-state index in [0.29, 0.717) is 13.1 Å². The number of anilines is 1. The van der Waals surface area contributed by atoms with Gasteiger partial charge in [0.25, 0.3) is 0 Å². The van der Waals surface area contributed by atoms with E-state index >= 15 is 0 Å². The van der Waals surface area contributed by atoms with Crippen LogP contribution in [0, 0.1) is 19.8 Å². The molecule has 0 spiro atoms. The van der Waals surface area contributed by atoms with Crippen LogP contribution in [0.25, 0.3) is 0 Å². The average molecular weight is 316 g/mol. The predicted octanol–water partition coefficient (Wildman–Crippen LogP) is 1.95. The van der Waals surface area contributed by atoms with Crippen LogP contribution in [0.2, 0.25) is 0 Å². The summed E-state index contributed by atoms with van der Waals surface area (Å²) in [6.07, 6.45) is 2.47. The van der Waals surface area contributed by atoms with Crippen LogP contribution in [0.5, 0.6) is 0 Å². The van der Waals surface area contributed by atoms with Gasteiger partial charge in [0.15, 0.2) is 0 Å². The van der Waals surface area contributed by atoms with E-state index in [-0.39, 0.29) is 30.3 Å². The summed E-state index contributed by atoms with van der Waals surface area (Å²) in [5, 5.41) is 2.94. The lowest BCUT2D eigenvalue weighted by Gasteiger charge is -2.19. The van der Waals surface area contributed by atoms with Gasteiger partial charge < -0.3 is 15.0 Å². The Balaban J connectivity index is 1.61. The number of rotatable bonds is 4. The lowest BCUT2D eigenvalue weighted by atomic mass is 10.1. The predicted molar refractivity (Wildman–Crippen MR) is 88.4 cm³/mol. The van der Waals surface area contributed by atoms with Gasteiger partial charge in [-0.25, -0.2) is 0 Å². The Morgan fingerprint density at radius 3 is 2.91 bits per heavy atom. The van der Waals surface area contributed by atoms with Gasteiger partial charge in [-0.15, -0.1) is 0 Å². The summed E-state index contributed by atoms with van der Waals surface area (Å²) < 4.78 is 5.51. The number of benzene rings is 1. The minimum absolute atomic E-state index is 0.0224. The van der Waals surface area contributed by atoms with Gasteiger partial charge in [-0.2, -0.15) is 0 Å². The molecule has 23 heavy (non-hydrogen) atoms. The molecule has 0 saturated carbocycles. The fourth-order valence-electron chi connectivity index (χ4n) is 3.39. The molecule has 5 nitrogen and oxygen atoms in total. The van der Waals surface area contributed by atoms with Crippen molar-refractivity contribution >= 4 is 17.5 Å². The zero-order valence-corrected chi connectivity index (χ0v) is 13.8. The molecule has 5 heteroatoms. The molecule has 2 fully saturated rings. The van der Waals surface area contributed by atoms with Gasteiger partial charge in [-0.1, -0.05) is 17.7 Å². The first-order valence-electron chi connectivity index (χ1n) is 8.31. The Morgan fingerprint density at radius 2 is 2.22 bits per heavy atom. The quantitative estimate of drug-likeness (QED) is 0.924. The molecule has 0 unspecified atom stereocenters. The van der Waals surface area contributed by atoms with E-state index in [1.54, 1.807) is 4.90 Å². The number of carbonyl (C=O) groups is 2. The molecule has 2 aliphatic heterocycles. The zero-order chi connectivity index (χ0) is 16.4. The number of hydrogen-bond acceptors (Lipinski definition) is 3. The molecular weight excluding hydrogens is 292 g/mol. The van der Waals surface area contributed by atoms with Gasteiger partial charge in [0.2, 0.25) is 11.8 Å². The van der Waals surface area contributed by atoms with Crippen molar-refractivity contribution in [3.8, 4) is 0 Å². The standard InChI is InChI=1S/C18H24N2O3/c1-12-5-6-16(13(2)8-12)20-11-14(9-17(20)21)18(22)19-10-15-4-3-7-23-15/h5-6,8,14-15H,3-4,7,9-11H2,1-2H3,(H,19,22)/t14-,15+/m1/s1. The van der Waals surface area contributed by atoms with Crippen LogP contribution in [0.15, 0.2) is 18.2 Å². The number of hydrogen-bond donors (Lipinski definition) is 1. The molecule has 2 atom stereocenters. The lowest BCUT2D eigenvalue weighted by Crippen LogP contribution is -2.37. The largest absolute Gasteiger partial charge is 0.376 e. The average Bonchev–Trinajstić information content (AvgIpc) is 3.15. The van der Waals surface area contributed by atoms with Gasteiger partial charge in [0.1, 0.15) is 0 Å². The monoisotopic (exact) mass is 316 g/mol. The highest BCUT2D eigenvalue weighted by atomic mass is 16.5. The van der Waals surface area contributed by atoms with Crippen LogP contribution in [0.4, 0.5) is 5.69 Å². The van der Waals surface area contributed by atoms with E-state index in [0.717, 1.165) is 30.7 Å². The number of nitrogens with one attached hydrogen (secondary N) is 1. The fraction of sp³-hybridized carbons (Fsp3) is 0.556. The van der Waals surface area contributed by atoms with Crippen LogP contribution in [0.3, 0.4) is 0 Å². The van der Waals surface area contributed by atoms with Crippen molar-refractivity contribution in [3.63, 3.8) is 0 Å². The minimum atomic E-state index is -0.274. The summed E-state index contributed by atoms with van der Waals surface area (Å²) in [5.74, 6) is -0.292. The summed E-state index contributed by atoms with van der Waals surface area (Å²) in [5.41, 5.74) is 3.15. The number of amides is 2. The van der Waals surface area contributed by atoms with E-state index in [4.69, 9.17) is 4.74 Å². The van der Waals surface area contributed by atoms with Crippen LogP contribution in [-0.2, 0) is 14.3 Å². The Labute approximate surface area is 137 Å². The molecule has 1 N–H and O–H groups in total. The molecule has 1 aromatic carbocycles. The van der Waals surface area contributed by atoms with E-state index in [9.17, 15) is 9.59 Å². The molecule has 2 aliphatic rings. The maximum Gasteiger partial charge on any atom is 0.227 e. The van der Waals surface area contributed by atoms with Crippen molar-refractivity contribution in [2.24, 2.45) is 5.92 Å². The number of carbonyl (C=O) groups excluding carboxylic acids is 2. The third kappa shape index (κ3) is 3.55. The van der Waals surface area contributed by atoms with E-state index in [1.807, 2.05) is 26.0 Å². The Bertz CT molecular complexity index is 608. The third-order valence-electron chi connectivity index (χ3n) is 4.67. The summed E-state index contributed by atoms with van der Waals surface area (Å²) >= 11 is 0. The van der Waals surface area contributed by atoms with E-state index < -0.39 is 0 Å². The fourth-order valence-corrected chi connectivity index (χ4v) is 3.39. The summed E-state index contributed by atoms with van der Waals surface area (Å²) in [7, 11) is 0. The van der Waals surface area contributed by atoms with Crippen molar-refractivity contribution in [2.75, 3.05) is 24.6 Å². The van der Waals surface area contributed by atoms with Gasteiger partial charge in [0, 0.05) is 31.8 Å². The summed E-state index contributed by atoms with van der Waals surface area (Å²) in [6.45, 7) is 5.82. The smallest absolute Gasteiger partial charge is 0.227 e. The Morgan fingerprint density at radius 1 is 1.39 bits per heavy atom. The highest BCUT2D eigenvalue weighted by Crippen LogP contribution is 2.28. The topological polar surface area (TPSA) is 58.6 Å². The number of nitrogens with zero attached hydrogens (tertiary/aromatic N) is 1. The second-order valence-electron chi connectivity index (χ2n) is 6.58. The van der Waals surface area contributed by atoms with Crippen molar-refractivity contribution in [2.45, 2.75) is 39.2 Å². The van der Waals surface area contributed by atoms with Crippen LogP contribution < -0.4 is 10.2 Å².